The van der Waals surface area contributed by atoms with Crippen molar-refractivity contribution in [2.45, 2.75) is 39.3 Å². The van der Waals surface area contributed by atoms with Crippen molar-refractivity contribution in [3.63, 3.8) is 0 Å². The van der Waals surface area contributed by atoms with E-state index in [1.54, 1.807) is 48.5 Å². The lowest BCUT2D eigenvalue weighted by Crippen LogP contribution is -2.30. The molecule has 1 aromatic heterocycles. The lowest BCUT2D eigenvalue weighted by molar-refractivity contribution is 0.102. The molecule has 0 aliphatic heterocycles. The first-order valence-corrected chi connectivity index (χ1v) is 10.1. The van der Waals surface area contributed by atoms with Gasteiger partial charge in [-0.15, -0.1) is 0 Å². The van der Waals surface area contributed by atoms with Gasteiger partial charge < -0.3 is 25.2 Å². The highest BCUT2D eigenvalue weighted by Gasteiger charge is 2.23. The molecule has 1 fully saturated rings. The lowest BCUT2D eigenvalue weighted by Gasteiger charge is -2.10. The molecule has 31 heavy (non-hydrogen) atoms. The van der Waals surface area contributed by atoms with Crippen molar-refractivity contribution < 1.29 is 18.8 Å². The molecule has 8 heteroatoms. The summed E-state index contributed by atoms with van der Waals surface area (Å²) in [5.41, 5.74) is 3.44. The molecular weight excluding hydrogens is 396 g/mol. The maximum atomic E-state index is 12.6. The SMILES string of the molecule is Cc1noc(C)c1COc1cccc(C(=O)Nc2ccc(NC(=O)NC3CC3)cc2)c1. The number of aryl methyl sites for hydroxylation is 2. The number of anilines is 2. The molecule has 3 amide bonds. The number of benzene rings is 2. The number of amides is 3. The minimum absolute atomic E-state index is 0.215. The van der Waals surface area contributed by atoms with Crippen molar-refractivity contribution in [3.8, 4) is 5.75 Å². The van der Waals surface area contributed by atoms with Crippen molar-refractivity contribution in [1.29, 1.82) is 0 Å². The molecule has 2 aromatic carbocycles. The Morgan fingerprint density at radius 3 is 2.42 bits per heavy atom. The third-order valence-corrected chi connectivity index (χ3v) is 4.97. The Morgan fingerprint density at radius 2 is 1.77 bits per heavy atom. The Hall–Kier alpha value is -3.81. The van der Waals surface area contributed by atoms with Gasteiger partial charge in [-0.05, 0) is 69.2 Å². The summed E-state index contributed by atoms with van der Waals surface area (Å²) in [7, 11) is 0. The second kappa shape index (κ2) is 8.91. The second-order valence-electron chi connectivity index (χ2n) is 7.52. The van der Waals surface area contributed by atoms with Crippen LogP contribution in [-0.4, -0.2) is 23.1 Å². The minimum atomic E-state index is -0.255. The quantitative estimate of drug-likeness (QED) is 0.525. The van der Waals surface area contributed by atoms with Crippen molar-refractivity contribution in [2.75, 3.05) is 10.6 Å². The normalized spacial score (nSPS) is 12.8. The molecule has 8 nitrogen and oxygen atoms in total. The summed E-state index contributed by atoms with van der Waals surface area (Å²) < 4.78 is 11.0. The molecule has 0 bridgehead atoms. The van der Waals surface area contributed by atoms with Crippen molar-refractivity contribution in [2.24, 2.45) is 0 Å². The van der Waals surface area contributed by atoms with Gasteiger partial charge in [0.15, 0.2) is 0 Å². The molecule has 0 saturated heterocycles. The van der Waals surface area contributed by atoms with Crippen LogP contribution in [0.5, 0.6) is 5.75 Å². The molecule has 0 unspecified atom stereocenters. The molecule has 3 aromatic rings. The van der Waals surface area contributed by atoms with Crippen molar-refractivity contribution >= 4 is 23.3 Å². The van der Waals surface area contributed by atoms with Crippen LogP contribution in [0.2, 0.25) is 0 Å². The van der Waals surface area contributed by atoms with Crippen LogP contribution >= 0.6 is 0 Å². The van der Waals surface area contributed by atoms with E-state index in [9.17, 15) is 9.59 Å². The van der Waals surface area contributed by atoms with Crippen LogP contribution in [0.1, 0.15) is 40.2 Å². The highest BCUT2D eigenvalue weighted by molar-refractivity contribution is 6.04. The van der Waals surface area contributed by atoms with Gasteiger partial charge in [-0.25, -0.2) is 4.79 Å². The minimum Gasteiger partial charge on any atom is -0.489 e. The Labute approximate surface area is 180 Å². The Morgan fingerprint density at radius 1 is 1.06 bits per heavy atom. The van der Waals surface area contributed by atoms with Gasteiger partial charge in [0.25, 0.3) is 5.91 Å². The van der Waals surface area contributed by atoms with Gasteiger partial charge in [0.2, 0.25) is 0 Å². The van der Waals surface area contributed by atoms with Gasteiger partial charge in [0.05, 0.1) is 11.3 Å². The summed E-state index contributed by atoms with van der Waals surface area (Å²) in [5, 5.41) is 12.4. The standard InChI is InChI=1S/C23H24N4O4/c1-14-21(15(2)31-27-14)13-30-20-5-3-4-16(12-20)22(28)24-17-6-8-18(9-7-17)25-23(29)26-19-10-11-19/h3-9,12,19H,10-11,13H2,1-2H3,(H,24,28)(H2,25,26,29). The predicted molar refractivity (Wildman–Crippen MR) is 116 cm³/mol. The lowest BCUT2D eigenvalue weighted by atomic mass is 10.2. The van der Waals surface area contributed by atoms with Crippen LogP contribution in [0.15, 0.2) is 53.1 Å². The van der Waals surface area contributed by atoms with Crippen LogP contribution in [0.25, 0.3) is 0 Å². The maximum Gasteiger partial charge on any atom is 0.319 e. The van der Waals surface area contributed by atoms with E-state index in [2.05, 4.69) is 21.1 Å². The monoisotopic (exact) mass is 420 g/mol. The first-order valence-electron chi connectivity index (χ1n) is 10.1. The van der Waals surface area contributed by atoms with Crippen molar-refractivity contribution in [3.05, 3.63) is 71.1 Å². The molecule has 0 spiro atoms. The number of carbonyl (C=O) groups is 2. The first kappa shape index (κ1) is 20.5. The molecule has 1 heterocycles. The molecule has 160 valence electrons. The molecule has 0 radical (unpaired) electrons. The molecule has 1 aliphatic rings. The topological polar surface area (TPSA) is 105 Å². The van der Waals surface area contributed by atoms with Gasteiger partial charge >= 0.3 is 6.03 Å². The zero-order valence-corrected chi connectivity index (χ0v) is 17.4. The van der Waals surface area contributed by atoms with E-state index in [4.69, 9.17) is 9.26 Å². The molecule has 1 aliphatic carbocycles. The zero-order valence-electron chi connectivity index (χ0n) is 17.4. The van der Waals surface area contributed by atoms with Crippen LogP contribution in [0, 0.1) is 13.8 Å². The average molecular weight is 420 g/mol. The molecule has 0 atom stereocenters. The van der Waals surface area contributed by atoms with Gasteiger partial charge in [-0.3, -0.25) is 4.79 Å². The van der Waals surface area contributed by atoms with Gasteiger partial charge in [0, 0.05) is 23.0 Å². The van der Waals surface area contributed by atoms with E-state index in [1.807, 2.05) is 13.8 Å². The highest BCUT2D eigenvalue weighted by atomic mass is 16.5. The van der Waals surface area contributed by atoms with Gasteiger partial charge in [-0.2, -0.15) is 0 Å². The average Bonchev–Trinajstić information content (AvgIpc) is 3.51. The number of nitrogens with zero attached hydrogens (tertiary/aromatic N) is 1. The van der Waals surface area contributed by atoms with E-state index >= 15 is 0 Å². The zero-order chi connectivity index (χ0) is 21.8. The number of carbonyl (C=O) groups excluding carboxylic acids is 2. The van der Waals surface area contributed by atoms with Gasteiger partial charge in [0.1, 0.15) is 18.1 Å². The van der Waals surface area contributed by atoms with Crippen LogP contribution in [-0.2, 0) is 6.61 Å². The number of aromatic nitrogens is 1. The largest absolute Gasteiger partial charge is 0.489 e. The van der Waals surface area contributed by atoms with Crippen molar-refractivity contribution in [1.82, 2.24) is 10.5 Å². The summed E-state index contributed by atoms with van der Waals surface area (Å²) in [5.74, 6) is 1.04. The molecular formula is C23H24N4O4. The fourth-order valence-corrected chi connectivity index (χ4v) is 3.01. The number of urea groups is 1. The van der Waals surface area contributed by atoms with E-state index in [0.29, 0.717) is 41.1 Å². The maximum absolute atomic E-state index is 12.6. The Bertz CT molecular complexity index is 1070. The fourth-order valence-electron chi connectivity index (χ4n) is 3.01. The summed E-state index contributed by atoms with van der Waals surface area (Å²) in [6, 6.07) is 14.0. The number of rotatable bonds is 7. The summed E-state index contributed by atoms with van der Waals surface area (Å²) in [6.07, 6.45) is 2.06. The van der Waals surface area contributed by atoms with E-state index in [1.165, 1.54) is 0 Å². The molecule has 3 N–H and O–H groups in total. The van der Waals surface area contributed by atoms with Crippen LogP contribution in [0.3, 0.4) is 0 Å². The third-order valence-electron chi connectivity index (χ3n) is 4.97. The van der Waals surface area contributed by atoms with Gasteiger partial charge in [-0.1, -0.05) is 11.2 Å². The number of nitrogens with one attached hydrogen (secondary N) is 3. The fraction of sp³-hybridized carbons (Fsp3) is 0.261. The molecule has 1 saturated carbocycles. The van der Waals surface area contributed by atoms with Crippen LogP contribution < -0.4 is 20.7 Å². The second-order valence-corrected chi connectivity index (χ2v) is 7.52. The Balaban J connectivity index is 1.33. The summed E-state index contributed by atoms with van der Waals surface area (Å²) >= 11 is 0. The smallest absolute Gasteiger partial charge is 0.319 e. The first-order chi connectivity index (χ1) is 15.0. The number of hydrogen-bond acceptors (Lipinski definition) is 5. The summed E-state index contributed by atoms with van der Waals surface area (Å²) in [4.78, 5) is 24.4. The predicted octanol–water partition coefficient (Wildman–Crippen LogP) is 4.41. The third kappa shape index (κ3) is 5.42. The van der Waals surface area contributed by atoms with E-state index in [0.717, 1.165) is 24.1 Å². The molecule has 4 rings (SSSR count). The Kier molecular flexibility index (Phi) is 5.88. The highest BCUT2D eigenvalue weighted by Crippen LogP contribution is 2.21. The van der Waals surface area contributed by atoms with E-state index < -0.39 is 0 Å². The van der Waals surface area contributed by atoms with Crippen LogP contribution in [0.4, 0.5) is 16.2 Å². The number of ether oxygens (including phenoxy) is 1. The van der Waals surface area contributed by atoms with E-state index in [-0.39, 0.29) is 11.9 Å². The number of hydrogen-bond donors (Lipinski definition) is 3. The summed E-state index contributed by atoms with van der Waals surface area (Å²) in [6.45, 7) is 4.01.